The Kier molecular flexibility index (Phi) is 6.61. The van der Waals surface area contributed by atoms with Crippen LogP contribution in [0.1, 0.15) is 17.2 Å². The molecule has 2 aromatic carbocycles. The summed E-state index contributed by atoms with van der Waals surface area (Å²) in [5.74, 6) is -0.139. The van der Waals surface area contributed by atoms with Crippen LogP contribution >= 0.6 is 0 Å². The number of nitrogens with two attached hydrogens (primary N) is 1. The zero-order chi connectivity index (χ0) is 15.6. The smallest absolute Gasteiger partial charge is 0.246 e. The molecule has 0 heterocycles. The second-order valence-electron chi connectivity index (χ2n) is 5.11. The Labute approximate surface area is 131 Å². The molecule has 116 valence electrons. The average molecular weight is 298 g/mol. The van der Waals surface area contributed by atoms with Gasteiger partial charge in [0.05, 0.1) is 6.61 Å². The Hall–Kier alpha value is -2.17. The Morgan fingerprint density at radius 1 is 1.05 bits per heavy atom. The standard InChI is InChI=1S/C18H22N2O2/c19-17(16-9-5-2-6-10-16)13-20-18(21)14-22-12-11-15-7-3-1-4-8-15/h1-10,17H,11-14,19H2,(H,20,21). The summed E-state index contributed by atoms with van der Waals surface area (Å²) in [5, 5.41) is 2.79. The van der Waals surface area contributed by atoms with Crippen molar-refractivity contribution in [2.24, 2.45) is 5.73 Å². The van der Waals surface area contributed by atoms with Crippen molar-refractivity contribution >= 4 is 5.91 Å². The molecule has 0 aromatic heterocycles. The van der Waals surface area contributed by atoms with Gasteiger partial charge in [-0.25, -0.2) is 0 Å². The molecule has 0 bridgehead atoms. The summed E-state index contributed by atoms with van der Waals surface area (Å²) in [6, 6.07) is 19.6. The van der Waals surface area contributed by atoms with Gasteiger partial charge in [-0.05, 0) is 17.5 Å². The van der Waals surface area contributed by atoms with E-state index in [1.807, 2.05) is 60.7 Å². The molecule has 4 nitrogen and oxygen atoms in total. The minimum atomic E-state index is -0.200. The highest BCUT2D eigenvalue weighted by Gasteiger charge is 2.07. The number of amides is 1. The van der Waals surface area contributed by atoms with Crippen molar-refractivity contribution in [3.63, 3.8) is 0 Å². The monoisotopic (exact) mass is 298 g/mol. The second-order valence-corrected chi connectivity index (χ2v) is 5.11. The molecule has 4 heteroatoms. The molecule has 22 heavy (non-hydrogen) atoms. The molecule has 0 aliphatic carbocycles. The Morgan fingerprint density at radius 2 is 1.68 bits per heavy atom. The SMILES string of the molecule is NC(CNC(=O)COCCc1ccccc1)c1ccccc1. The van der Waals surface area contributed by atoms with Gasteiger partial charge in [0, 0.05) is 12.6 Å². The predicted molar refractivity (Wildman–Crippen MR) is 87.3 cm³/mol. The molecular formula is C18H22N2O2. The van der Waals surface area contributed by atoms with Crippen LogP contribution < -0.4 is 11.1 Å². The fraction of sp³-hybridized carbons (Fsp3) is 0.278. The van der Waals surface area contributed by atoms with Crippen molar-refractivity contribution in [3.05, 3.63) is 71.8 Å². The number of carbonyl (C=O) groups is 1. The number of nitrogens with one attached hydrogen (secondary N) is 1. The summed E-state index contributed by atoms with van der Waals surface area (Å²) < 4.78 is 5.38. The lowest BCUT2D eigenvalue weighted by atomic mass is 10.1. The maximum Gasteiger partial charge on any atom is 0.246 e. The fourth-order valence-corrected chi connectivity index (χ4v) is 2.09. The van der Waals surface area contributed by atoms with E-state index in [2.05, 4.69) is 5.32 Å². The van der Waals surface area contributed by atoms with Crippen LogP contribution in [0, 0.1) is 0 Å². The zero-order valence-corrected chi connectivity index (χ0v) is 12.6. The lowest BCUT2D eigenvalue weighted by molar-refractivity contribution is -0.125. The summed E-state index contributed by atoms with van der Waals surface area (Å²) in [6.45, 7) is 1.00. The normalized spacial score (nSPS) is 11.9. The Morgan fingerprint density at radius 3 is 2.36 bits per heavy atom. The van der Waals surface area contributed by atoms with E-state index in [-0.39, 0.29) is 18.6 Å². The van der Waals surface area contributed by atoms with Gasteiger partial charge < -0.3 is 15.8 Å². The second kappa shape index (κ2) is 8.97. The minimum Gasteiger partial charge on any atom is -0.371 e. The average Bonchev–Trinajstić information content (AvgIpc) is 2.58. The summed E-state index contributed by atoms with van der Waals surface area (Å²) in [5.41, 5.74) is 8.23. The molecule has 0 spiro atoms. The third-order valence-corrected chi connectivity index (χ3v) is 3.36. The number of benzene rings is 2. The van der Waals surface area contributed by atoms with Gasteiger partial charge in [0.15, 0.2) is 0 Å². The van der Waals surface area contributed by atoms with Gasteiger partial charge in [-0.3, -0.25) is 4.79 Å². The van der Waals surface area contributed by atoms with Crippen molar-refractivity contribution in [3.8, 4) is 0 Å². The van der Waals surface area contributed by atoms with E-state index >= 15 is 0 Å². The van der Waals surface area contributed by atoms with Crippen LogP contribution in [-0.4, -0.2) is 25.7 Å². The van der Waals surface area contributed by atoms with Gasteiger partial charge in [-0.1, -0.05) is 60.7 Å². The highest BCUT2D eigenvalue weighted by Crippen LogP contribution is 2.07. The molecule has 0 saturated carbocycles. The number of hydrogen-bond acceptors (Lipinski definition) is 3. The molecule has 1 atom stereocenters. The Balaban J connectivity index is 1.60. The van der Waals surface area contributed by atoms with Crippen LogP contribution in [0.4, 0.5) is 0 Å². The molecule has 0 radical (unpaired) electrons. The number of ether oxygens (including phenoxy) is 1. The molecule has 1 unspecified atom stereocenters. The number of carbonyl (C=O) groups excluding carboxylic acids is 1. The van der Waals surface area contributed by atoms with Crippen LogP contribution in [0.25, 0.3) is 0 Å². The van der Waals surface area contributed by atoms with Crippen LogP contribution in [0.5, 0.6) is 0 Å². The molecule has 1 amide bonds. The fourth-order valence-electron chi connectivity index (χ4n) is 2.09. The lowest BCUT2D eigenvalue weighted by Gasteiger charge is -2.13. The molecule has 0 aliphatic heterocycles. The first-order chi connectivity index (χ1) is 10.8. The van der Waals surface area contributed by atoms with E-state index < -0.39 is 0 Å². The minimum absolute atomic E-state index is 0.0638. The van der Waals surface area contributed by atoms with Crippen molar-refractivity contribution in [2.75, 3.05) is 19.8 Å². The van der Waals surface area contributed by atoms with Crippen LogP contribution in [-0.2, 0) is 16.0 Å². The van der Waals surface area contributed by atoms with Gasteiger partial charge >= 0.3 is 0 Å². The van der Waals surface area contributed by atoms with E-state index in [9.17, 15) is 4.79 Å². The first-order valence-corrected chi connectivity index (χ1v) is 7.44. The quantitative estimate of drug-likeness (QED) is 0.733. The highest BCUT2D eigenvalue weighted by atomic mass is 16.5. The van der Waals surface area contributed by atoms with Gasteiger partial charge in [0.1, 0.15) is 6.61 Å². The number of hydrogen-bond donors (Lipinski definition) is 2. The summed E-state index contributed by atoms with van der Waals surface area (Å²) in [6.07, 6.45) is 0.803. The highest BCUT2D eigenvalue weighted by molar-refractivity contribution is 5.77. The van der Waals surface area contributed by atoms with Crippen LogP contribution in [0.15, 0.2) is 60.7 Å². The molecular weight excluding hydrogens is 276 g/mol. The van der Waals surface area contributed by atoms with E-state index in [0.717, 1.165) is 12.0 Å². The predicted octanol–water partition coefficient (Wildman–Crippen LogP) is 2.06. The van der Waals surface area contributed by atoms with E-state index in [1.165, 1.54) is 5.56 Å². The molecule has 2 aromatic rings. The van der Waals surface area contributed by atoms with E-state index in [1.54, 1.807) is 0 Å². The van der Waals surface area contributed by atoms with Gasteiger partial charge in [-0.2, -0.15) is 0 Å². The largest absolute Gasteiger partial charge is 0.371 e. The maximum atomic E-state index is 11.7. The van der Waals surface area contributed by atoms with Gasteiger partial charge in [0.2, 0.25) is 5.91 Å². The van der Waals surface area contributed by atoms with E-state index in [0.29, 0.717) is 13.2 Å². The van der Waals surface area contributed by atoms with Crippen molar-refractivity contribution in [1.29, 1.82) is 0 Å². The first kappa shape index (κ1) is 16.2. The Bertz CT molecular complexity index is 558. The van der Waals surface area contributed by atoms with Crippen LogP contribution in [0.3, 0.4) is 0 Å². The van der Waals surface area contributed by atoms with Crippen molar-refractivity contribution in [2.45, 2.75) is 12.5 Å². The molecule has 0 fully saturated rings. The van der Waals surface area contributed by atoms with Crippen molar-refractivity contribution in [1.82, 2.24) is 5.32 Å². The van der Waals surface area contributed by atoms with Gasteiger partial charge in [-0.15, -0.1) is 0 Å². The maximum absolute atomic E-state index is 11.7. The van der Waals surface area contributed by atoms with Crippen molar-refractivity contribution < 1.29 is 9.53 Å². The van der Waals surface area contributed by atoms with Crippen LogP contribution in [0.2, 0.25) is 0 Å². The summed E-state index contributed by atoms with van der Waals surface area (Å²) in [7, 11) is 0. The molecule has 2 rings (SSSR count). The summed E-state index contributed by atoms with van der Waals surface area (Å²) >= 11 is 0. The first-order valence-electron chi connectivity index (χ1n) is 7.44. The topological polar surface area (TPSA) is 64.3 Å². The van der Waals surface area contributed by atoms with Gasteiger partial charge in [0.25, 0.3) is 0 Å². The molecule has 3 N–H and O–H groups in total. The molecule has 0 saturated heterocycles. The number of rotatable bonds is 8. The molecule has 0 aliphatic rings. The third kappa shape index (κ3) is 5.68. The third-order valence-electron chi connectivity index (χ3n) is 3.36. The summed E-state index contributed by atoms with van der Waals surface area (Å²) in [4.78, 5) is 11.7. The van der Waals surface area contributed by atoms with E-state index in [4.69, 9.17) is 10.5 Å². The zero-order valence-electron chi connectivity index (χ0n) is 12.6. The lowest BCUT2D eigenvalue weighted by Crippen LogP contribution is -2.34.